The molecule has 0 aliphatic heterocycles. The summed E-state index contributed by atoms with van der Waals surface area (Å²) in [7, 11) is 0. The molecule has 0 aliphatic rings. The molecule has 6 aromatic carbocycles. The third-order valence-corrected chi connectivity index (χ3v) is 16.7. The molecule has 0 saturated heterocycles. The van der Waals surface area contributed by atoms with E-state index in [2.05, 4.69) is 116 Å². The Morgan fingerprint density at radius 3 is 0.720 bits per heavy atom. The van der Waals surface area contributed by atoms with Gasteiger partial charge in [-0.3, -0.25) is 0 Å². The van der Waals surface area contributed by atoms with E-state index < -0.39 is 22.4 Å². The Morgan fingerprint density at radius 2 is 0.463 bits per heavy atom. The smallest absolute Gasteiger partial charge is 0.138 e. The van der Waals surface area contributed by atoms with Gasteiger partial charge in [0.05, 0.1) is 0 Å². The Morgan fingerprint density at radius 1 is 0.244 bits per heavy atom. The molecule has 2 N–H and O–H groups in total. The summed E-state index contributed by atoms with van der Waals surface area (Å²) in [6.07, 6.45) is 28.8. The van der Waals surface area contributed by atoms with Gasteiger partial charge in [-0.15, -0.1) is 0 Å². The minimum absolute atomic E-state index is 0.310. The van der Waals surface area contributed by atoms with Gasteiger partial charge in [0, 0.05) is 22.3 Å². The van der Waals surface area contributed by atoms with Crippen LogP contribution in [0.25, 0.3) is 0 Å². The van der Waals surface area contributed by atoms with Gasteiger partial charge in [0.1, 0.15) is 56.9 Å². The number of benzene rings is 6. The van der Waals surface area contributed by atoms with Crippen LogP contribution in [0.1, 0.15) is 257 Å². The molecule has 0 radical (unpaired) electrons. The van der Waals surface area contributed by atoms with Crippen molar-refractivity contribution in [3.8, 4) is 34.5 Å². The van der Waals surface area contributed by atoms with E-state index in [1.54, 1.807) is 0 Å². The van der Waals surface area contributed by atoms with Crippen molar-refractivity contribution in [1.29, 1.82) is 0 Å². The molecule has 0 unspecified atom stereocenters. The van der Waals surface area contributed by atoms with Crippen LogP contribution >= 0.6 is 0 Å². The van der Waals surface area contributed by atoms with Crippen LogP contribution in [-0.2, 0) is 22.4 Å². The highest BCUT2D eigenvalue weighted by Gasteiger charge is 2.47. The van der Waals surface area contributed by atoms with Gasteiger partial charge >= 0.3 is 0 Å². The highest BCUT2D eigenvalue weighted by molar-refractivity contribution is 5.50. The molecular weight excluding hydrogens is 1010 g/mol. The monoisotopic (exact) mass is 1120 g/mol. The van der Waals surface area contributed by atoms with E-state index in [0.29, 0.717) is 11.5 Å². The van der Waals surface area contributed by atoms with Gasteiger partial charge in [-0.05, 0) is 163 Å². The molecule has 0 spiro atoms. The third kappa shape index (κ3) is 19.6. The maximum Gasteiger partial charge on any atom is 0.138 e. The average Bonchev–Trinajstić information content (AvgIpc) is 3.70. The van der Waals surface area contributed by atoms with Crippen LogP contribution in [0.2, 0.25) is 0 Å². The number of para-hydroxylation sites is 4. The fourth-order valence-electron chi connectivity index (χ4n) is 12.3. The maximum atomic E-state index is 12.0. The average molecular weight is 1120 g/mol. The van der Waals surface area contributed by atoms with Crippen molar-refractivity contribution in [1.82, 2.24) is 0 Å². The van der Waals surface area contributed by atoms with Crippen molar-refractivity contribution < 1.29 is 29.2 Å². The number of hydrogen-bond donors (Lipinski definition) is 2. The molecule has 0 saturated carbocycles. The molecule has 0 amide bonds. The summed E-state index contributed by atoms with van der Waals surface area (Å²) >= 11 is 0. The zero-order chi connectivity index (χ0) is 58.8. The molecule has 6 aromatic rings. The lowest BCUT2D eigenvalue weighted by atomic mass is 9.73. The van der Waals surface area contributed by atoms with Gasteiger partial charge in [0.2, 0.25) is 0 Å². The van der Waals surface area contributed by atoms with E-state index in [9.17, 15) is 10.2 Å². The molecule has 0 bridgehead atoms. The topological polar surface area (TPSA) is 77.4 Å². The Labute approximate surface area is 498 Å². The fourth-order valence-corrected chi connectivity index (χ4v) is 12.3. The number of phenolic OH excluding ortho intramolecular Hbond substituents is 2. The summed E-state index contributed by atoms with van der Waals surface area (Å²) < 4.78 is 28.5. The minimum Gasteiger partial charge on any atom is -0.508 e. The van der Waals surface area contributed by atoms with Gasteiger partial charge in [-0.1, -0.05) is 230 Å². The van der Waals surface area contributed by atoms with E-state index in [-0.39, 0.29) is 0 Å². The highest BCUT2D eigenvalue weighted by Crippen LogP contribution is 2.52. The number of rotatable bonds is 40. The van der Waals surface area contributed by atoms with Gasteiger partial charge in [0.25, 0.3) is 0 Å². The van der Waals surface area contributed by atoms with Gasteiger partial charge < -0.3 is 29.2 Å². The van der Waals surface area contributed by atoms with Crippen molar-refractivity contribution >= 4 is 0 Å². The zero-order valence-corrected chi connectivity index (χ0v) is 52.3. The number of ether oxygens (including phenoxy) is 4. The van der Waals surface area contributed by atoms with Crippen LogP contribution in [0.15, 0.2) is 158 Å². The molecule has 0 heterocycles. The SMILES string of the molecule is CCCCC(CCCC)(Oc1ccccc1)c1cccc(O)c1C(CCCC)(CCCC)Oc1ccccc1.CCCCCC(CCCCC)(Oc1ccccc1)c1cccc(O)c1C(CCCCC)(CCCCC)Oc1ccccc1. The summed E-state index contributed by atoms with van der Waals surface area (Å²) in [5, 5.41) is 23.7. The second-order valence-electron chi connectivity index (χ2n) is 23.3. The molecular formula is C76H108O6. The summed E-state index contributed by atoms with van der Waals surface area (Å²) in [6.45, 7) is 18.0. The lowest BCUT2D eigenvalue weighted by Crippen LogP contribution is -2.41. The molecule has 0 aromatic heterocycles. The van der Waals surface area contributed by atoms with E-state index in [1.807, 2.05) is 97.1 Å². The van der Waals surface area contributed by atoms with Crippen molar-refractivity contribution in [2.45, 2.75) is 258 Å². The molecule has 6 nitrogen and oxygen atoms in total. The Balaban J connectivity index is 0.000000302. The second-order valence-corrected chi connectivity index (χ2v) is 23.3. The predicted molar refractivity (Wildman–Crippen MR) is 346 cm³/mol. The van der Waals surface area contributed by atoms with E-state index in [1.165, 1.54) is 0 Å². The minimum atomic E-state index is -0.660. The van der Waals surface area contributed by atoms with Crippen LogP contribution in [0.4, 0.5) is 0 Å². The van der Waals surface area contributed by atoms with Crippen molar-refractivity contribution in [2.75, 3.05) is 0 Å². The maximum absolute atomic E-state index is 12.0. The Hall–Kier alpha value is -5.88. The lowest BCUT2D eigenvalue weighted by Gasteiger charge is -2.43. The van der Waals surface area contributed by atoms with Crippen LogP contribution < -0.4 is 18.9 Å². The quantitative estimate of drug-likeness (QED) is 0.0373. The first-order chi connectivity index (χ1) is 40.1. The largest absolute Gasteiger partial charge is 0.508 e. The predicted octanol–water partition coefficient (Wildman–Crippen LogP) is 23.0. The Kier molecular flexibility index (Phi) is 29.9. The third-order valence-electron chi connectivity index (χ3n) is 16.7. The summed E-state index contributed by atoms with van der Waals surface area (Å²) in [5.41, 5.74) is 1.59. The van der Waals surface area contributed by atoms with E-state index >= 15 is 0 Å². The van der Waals surface area contributed by atoms with Crippen molar-refractivity contribution in [2.24, 2.45) is 0 Å². The van der Waals surface area contributed by atoms with Crippen LogP contribution in [0, 0.1) is 0 Å². The molecule has 0 atom stereocenters. The van der Waals surface area contributed by atoms with E-state index in [4.69, 9.17) is 18.9 Å². The first-order valence-electron chi connectivity index (χ1n) is 32.7. The normalized spacial score (nSPS) is 11.9. The molecule has 82 heavy (non-hydrogen) atoms. The number of hydrogen-bond acceptors (Lipinski definition) is 6. The molecule has 0 fully saturated rings. The molecule has 6 rings (SSSR count). The first-order valence-corrected chi connectivity index (χ1v) is 32.7. The molecule has 448 valence electrons. The van der Waals surface area contributed by atoms with E-state index in [0.717, 1.165) is 225 Å². The lowest BCUT2D eigenvalue weighted by molar-refractivity contribution is 0.0152. The van der Waals surface area contributed by atoms with Gasteiger partial charge in [-0.25, -0.2) is 0 Å². The molecule has 0 aliphatic carbocycles. The van der Waals surface area contributed by atoms with Crippen molar-refractivity contribution in [3.63, 3.8) is 0 Å². The number of phenols is 2. The summed E-state index contributed by atoms with van der Waals surface area (Å²) in [4.78, 5) is 0. The molecule has 6 heteroatoms. The standard InChI is InChI=1S/C40H58O3.C36H50O3/c1-5-9-19-30-39(31-20-10-6-2,42-34-24-15-13-16-25-34)36-28-23-29-37(41)38(36)40(32-21-11-7-3,33-22-12-8-4)43-35-26-17-14-18-27-35;1-5-9-26-35(27-10-6-2,38-30-20-15-13-16-21-30)32-24-19-25-33(37)34(32)36(28-11-7-3,29-12-8-4)39-31-22-17-14-18-23-31/h13-18,23-29,41H,5-12,19-22,30-33H2,1-4H3;13-25,37H,5-12,26-29H2,1-4H3. The van der Waals surface area contributed by atoms with Gasteiger partial charge in [0.15, 0.2) is 0 Å². The Bertz CT molecular complexity index is 2540. The first kappa shape index (κ1) is 66.9. The van der Waals surface area contributed by atoms with Crippen LogP contribution in [0.3, 0.4) is 0 Å². The highest BCUT2D eigenvalue weighted by atomic mass is 16.5. The van der Waals surface area contributed by atoms with Gasteiger partial charge in [-0.2, -0.15) is 0 Å². The number of unbranched alkanes of at least 4 members (excludes halogenated alkanes) is 12. The number of aromatic hydroxyl groups is 2. The van der Waals surface area contributed by atoms with Crippen molar-refractivity contribution in [3.05, 3.63) is 180 Å². The second kappa shape index (κ2) is 36.6. The summed E-state index contributed by atoms with van der Waals surface area (Å²) in [6, 6.07) is 53.0. The van der Waals surface area contributed by atoms with Crippen LogP contribution in [0.5, 0.6) is 34.5 Å². The zero-order valence-electron chi connectivity index (χ0n) is 52.3. The summed E-state index contributed by atoms with van der Waals surface area (Å²) in [5.74, 6) is 4.09. The fraction of sp³-hybridized carbons (Fsp3) is 0.526. The van der Waals surface area contributed by atoms with Crippen LogP contribution in [-0.4, -0.2) is 10.2 Å².